The first-order valence-electron chi connectivity index (χ1n) is 5.94. The topological polar surface area (TPSA) is 87.6 Å². The van der Waals surface area contributed by atoms with E-state index in [1.54, 1.807) is 30.3 Å². The second-order valence-electron chi connectivity index (χ2n) is 4.01. The Morgan fingerprint density at radius 2 is 1.80 bits per heavy atom. The number of hydrogen-bond acceptors (Lipinski definition) is 5. The highest BCUT2D eigenvalue weighted by molar-refractivity contribution is 5.58. The first-order valence-corrected chi connectivity index (χ1v) is 5.94. The lowest BCUT2D eigenvalue weighted by Crippen LogP contribution is -1.98. The minimum absolute atomic E-state index is 0.134. The molecule has 2 N–H and O–H groups in total. The van der Waals surface area contributed by atoms with Gasteiger partial charge in [-0.15, -0.1) is 0 Å². The molecule has 0 heterocycles. The molecule has 2 aromatic carbocycles. The number of nitrogens with zero attached hydrogens (tertiary/aromatic N) is 1. The molecule has 2 rings (SSSR count). The zero-order valence-electron chi connectivity index (χ0n) is 10.9. The summed E-state index contributed by atoms with van der Waals surface area (Å²) >= 11 is 0. The quantitative estimate of drug-likeness (QED) is 0.669. The fraction of sp³-hybridized carbons (Fsp3) is 0.143. The van der Waals surface area contributed by atoms with Crippen LogP contribution in [0.5, 0.6) is 17.2 Å². The summed E-state index contributed by atoms with van der Waals surface area (Å²) in [6.45, 7) is 0.430. The van der Waals surface area contributed by atoms with Crippen molar-refractivity contribution in [2.24, 2.45) is 5.73 Å². The number of rotatable bonds is 5. The fourth-order valence-corrected chi connectivity index (χ4v) is 1.75. The van der Waals surface area contributed by atoms with Gasteiger partial charge < -0.3 is 15.2 Å². The van der Waals surface area contributed by atoms with E-state index in [1.807, 2.05) is 0 Å². The Morgan fingerprint density at radius 1 is 1.15 bits per heavy atom. The summed E-state index contributed by atoms with van der Waals surface area (Å²) in [4.78, 5) is 10.6. The van der Waals surface area contributed by atoms with E-state index in [9.17, 15) is 10.1 Å². The number of nitro benzene ring substituents is 1. The molecule has 0 aliphatic heterocycles. The highest BCUT2D eigenvalue weighted by atomic mass is 16.6. The van der Waals surface area contributed by atoms with Crippen molar-refractivity contribution in [3.63, 3.8) is 0 Å². The summed E-state index contributed by atoms with van der Waals surface area (Å²) in [5.74, 6) is 0.791. The monoisotopic (exact) mass is 274 g/mol. The molecule has 6 nitrogen and oxygen atoms in total. The number of para-hydroxylation sites is 1. The van der Waals surface area contributed by atoms with Crippen LogP contribution in [0.4, 0.5) is 5.69 Å². The van der Waals surface area contributed by atoms with E-state index < -0.39 is 4.92 Å². The maximum Gasteiger partial charge on any atom is 0.352 e. The van der Waals surface area contributed by atoms with Gasteiger partial charge in [0.15, 0.2) is 0 Å². The highest BCUT2D eigenvalue weighted by Crippen LogP contribution is 2.38. The minimum Gasteiger partial charge on any atom is -0.490 e. The molecule has 0 aliphatic rings. The number of hydrogen-bond donors (Lipinski definition) is 1. The first-order chi connectivity index (χ1) is 9.65. The summed E-state index contributed by atoms with van der Waals surface area (Å²) < 4.78 is 10.5. The zero-order valence-corrected chi connectivity index (χ0v) is 10.9. The molecule has 0 radical (unpaired) electrons. The van der Waals surface area contributed by atoms with Crippen LogP contribution in [0.15, 0.2) is 42.5 Å². The first kappa shape index (κ1) is 13.8. The van der Waals surface area contributed by atoms with Crippen LogP contribution < -0.4 is 15.2 Å². The molecule has 6 heteroatoms. The molecule has 0 saturated carbocycles. The molecule has 0 spiro atoms. The fourth-order valence-electron chi connectivity index (χ4n) is 1.75. The second-order valence-corrected chi connectivity index (χ2v) is 4.01. The molecule has 0 amide bonds. The molecule has 0 fully saturated rings. The van der Waals surface area contributed by atoms with Gasteiger partial charge in [-0.05, 0) is 29.8 Å². The lowest BCUT2D eigenvalue weighted by molar-refractivity contribution is -0.386. The van der Waals surface area contributed by atoms with Gasteiger partial charge in [0, 0.05) is 6.54 Å². The van der Waals surface area contributed by atoms with E-state index in [0.717, 1.165) is 5.56 Å². The van der Waals surface area contributed by atoms with Crippen LogP contribution in [0, 0.1) is 10.1 Å². The number of nitro groups is 1. The summed E-state index contributed by atoms with van der Waals surface area (Å²) in [5.41, 5.74) is 6.27. The average Bonchev–Trinajstić information content (AvgIpc) is 2.47. The Balaban J connectivity index is 2.34. The maximum atomic E-state index is 11.1. The van der Waals surface area contributed by atoms with E-state index in [1.165, 1.54) is 19.2 Å². The van der Waals surface area contributed by atoms with E-state index in [-0.39, 0.29) is 17.2 Å². The maximum absolute atomic E-state index is 11.1. The molecule has 0 atom stereocenters. The van der Waals surface area contributed by atoms with Crippen molar-refractivity contribution in [1.29, 1.82) is 0 Å². The molecular weight excluding hydrogens is 260 g/mol. The van der Waals surface area contributed by atoms with Gasteiger partial charge in [-0.2, -0.15) is 0 Å². The number of nitrogens with two attached hydrogens (primary N) is 1. The standard InChI is InChI=1S/C14H14N2O4/c1-19-12-3-2-4-13(14(12)16(17)18)20-11-7-5-10(9-15)6-8-11/h2-8H,9,15H2,1H3. The Morgan fingerprint density at radius 3 is 2.35 bits per heavy atom. The van der Waals surface area contributed by atoms with Crippen molar-refractivity contribution in [2.45, 2.75) is 6.54 Å². The SMILES string of the molecule is COc1cccc(Oc2ccc(CN)cc2)c1[N+](=O)[O-]. The normalized spacial score (nSPS) is 10.1. The van der Waals surface area contributed by atoms with Crippen LogP contribution in [0.25, 0.3) is 0 Å². The van der Waals surface area contributed by atoms with Gasteiger partial charge >= 0.3 is 5.69 Å². The van der Waals surface area contributed by atoms with Crippen LogP contribution >= 0.6 is 0 Å². The smallest absolute Gasteiger partial charge is 0.352 e. The van der Waals surface area contributed by atoms with Crippen LogP contribution in [-0.2, 0) is 6.54 Å². The number of benzene rings is 2. The van der Waals surface area contributed by atoms with Crippen LogP contribution in [0.1, 0.15) is 5.56 Å². The third kappa shape index (κ3) is 2.86. The van der Waals surface area contributed by atoms with E-state index >= 15 is 0 Å². The van der Waals surface area contributed by atoms with Gasteiger partial charge in [-0.1, -0.05) is 18.2 Å². The third-order valence-electron chi connectivity index (χ3n) is 2.75. The highest BCUT2D eigenvalue weighted by Gasteiger charge is 2.22. The van der Waals surface area contributed by atoms with Gasteiger partial charge in [0.2, 0.25) is 11.5 Å². The third-order valence-corrected chi connectivity index (χ3v) is 2.75. The van der Waals surface area contributed by atoms with Gasteiger partial charge in [0.1, 0.15) is 5.75 Å². The lowest BCUT2D eigenvalue weighted by atomic mass is 10.2. The van der Waals surface area contributed by atoms with Crippen molar-refractivity contribution < 1.29 is 14.4 Å². The minimum atomic E-state index is -0.525. The molecule has 0 bridgehead atoms. The molecule has 0 aliphatic carbocycles. The molecule has 20 heavy (non-hydrogen) atoms. The van der Waals surface area contributed by atoms with Crippen LogP contribution in [0.3, 0.4) is 0 Å². The summed E-state index contributed by atoms with van der Waals surface area (Å²) in [7, 11) is 1.38. The van der Waals surface area contributed by atoms with Gasteiger partial charge in [0.25, 0.3) is 0 Å². The van der Waals surface area contributed by atoms with Crippen molar-refractivity contribution in [1.82, 2.24) is 0 Å². The summed E-state index contributed by atoms with van der Waals surface area (Å²) in [6, 6.07) is 11.7. The Labute approximate surface area is 115 Å². The summed E-state index contributed by atoms with van der Waals surface area (Å²) in [5, 5.41) is 11.1. The average molecular weight is 274 g/mol. The van der Waals surface area contributed by atoms with E-state index in [0.29, 0.717) is 12.3 Å². The lowest BCUT2D eigenvalue weighted by Gasteiger charge is -2.09. The van der Waals surface area contributed by atoms with Crippen molar-refractivity contribution in [3.8, 4) is 17.2 Å². The predicted molar refractivity (Wildman–Crippen MR) is 74.1 cm³/mol. The Bertz CT molecular complexity index is 611. The molecular formula is C14H14N2O4. The van der Waals surface area contributed by atoms with Gasteiger partial charge in [-0.25, -0.2) is 0 Å². The second kappa shape index (κ2) is 6.03. The van der Waals surface area contributed by atoms with E-state index in [2.05, 4.69) is 0 Å². The Kier molecular flexibility index (Phi) is 4.17. The zero-order chi connectivity index (χ0) is 14.5. The molecule has 0 saturated heterocycles. The van der Waals surface area contributed by atoms with Gasteiger partial charge in [0.05, 0.1) is 12.0 Å². The van der Waals surface area contributed by atoms with Crippen LogP contribution in [0.2, 0.25) is 0 Å². The number of ether oxygens (including phenoxy) is 2. The van der Waals surface area contributed by atoms with Crippen molar-refractivity contribution >= 4 is 5.69 Å². The molecule has 104 valence electrons. The largest absolute Gasteiger partial charge is 0.490 e. The Hall–Kier alpha value is -2.60. The molecule has 2 aromatic rings. The summed E-state index contributed by atoms with van der Waals surface area (Å²) in [6.07, 6.45) is 0. The predicted octanol–water partition coefficient (Wildman–Crippen LogP) is 2.85. The van der Waals surface area contributed by atoms with E-state index in [4.69, 9.17) is 15.2 Å². The van der Waals surface area contributed by atoms with Crippen LogP contribution in [-0.4, -0.2) is 12.0 Å². The van der Waals surface area contributed by atoms with Crippen molar-refractivity contribution in [3.05, 3.63) is 58.1 Å². The molecule has 0 unspecified atom stereocenters. The van der Waals surface area contributed by atoms with Crippen molar-refractivity contribution in [2.75, 3.05) is 7.11 Å². The number of methoxy groups -OCH3 is 1. The van der Waals surface area contributed by atoms with Gasteiger partial charge in [-0.3, -0.25) is 10.1 Å². The molecule has 0 aromatic heterocycles.